The van der Waals surface area contributed by atoms with E-state index in [2.05, 4.69) is 5.32 Å². The highest BCUT2D eigenvalue weighted by Crippen LogP contribution is 2.25. The van der Waals surface area contributed by atoms with Gasteiger partial charge >= 0.3 is 0 Å². The number of hydrogen-bond acceptors (Lipinski definition) is 2. The van der Waals surface area contributed by atoms with Crippen LogP contribution in [0.15, 0.2) is 24.3 Å². The van der Waals surface area contributed by atoms with Crippen molar-refractivity contribution in [2.45, 2.75) is 25.3 Å². The van der Waals surface area contributed by atoms with Crippen LogP contribution in [0.25, 0.3) is 0 Å². The molecule has 3 nitrogen and oxygen atoms in total. The summed E-state index contributed by atoms with van der Waals surface area (Å²) in [6.07, 6.45) is 2.97. The molecule has 0 radical (unpaired) electrons. The molecule has 2 aliphatic heterocycles. The predicted octanol–water partition coefficient (Wildman–Crippen LogP) is 2.09. The maximum atomic E-state index is 12.3. The fraction of sp³-hybridized carbons (Fsp3) is 0.533. The number of nitrogens with zero attached hydrogens (tertiary/aromatic N) is 1. The lowest BCUT2D eigenvalue weighted by Gasteiger charge is -2.24. The molecule has 0 spiro atoms. The van der Waals surface area contributed by atoms with E-state index in [1.807, 2.05) is 29.2 Å². The Morgan fingerprint density at radius 3 is 2.84 bits per heavy atom. The molecule has 1 amide bonds. The van der Waals surface area contributed by atoms with E-state index in [4.69, 9.17) is 11.6 Å². The number of rotatable bonds is 2. The summed E-state index contributed by atoms with van der Waals surface area (Å²) in [6, 6.07) is 8.07. The van der Waals surface area contributed by atoms with E-state index in [1.165, 1.54) is 12.8 Å². The normalized spacial score (nSPS) is 26.3. The minimum Gasteiger partial charge on any atom is -0.341 e. The lowest BCUT2D eigenvalue weighted by molar-refractivity contribution is -0.129. The van der Waals surface area contributed by atoms with Gasteiger partial charge in [0.25, 0.3) is 0 Å². The van der Waals surface area contributed by atoms with Gasteiger partial charge < -0.3 is 10.2 Å². The fourth-order valence-electron chi connectivity index (χ4n) is 3.14. The predicted molar refractivity (Wildman–Crippen MR) is 76.3 cm³/mol. The summed E-state index contributed by atoms with van der Waals surface area (Å²) in [5.74, 6) is 0.890. The number of hydrogen-bond donors (Lipinski definition) is 1. The van der Waals surface area contributed by atoms with Gasteiger partial charge in [-0.05, 0) is 43.0 Å². The van der Waals surface area contributed by atoms with E-state index in [0.29, 0.717) is 23.4 Å². The van der Waals surface area contributed by atoms with E-state index in [9.17, 15) is 4.79 Å². The van der Waals surface area contributed by atoms with Crippen LogP contribution in [-0.2, 0) is 11.2 Å². The molecule has 2 atom stereocenters. The molecular weight excluding hydrogens is 260 g/mol. The largest absolute Gasteiger partial charge is 0.341 e. The number of nitrogens with one attached hydrogen (secondary N) is 1. The molecular formula is C15H19ClN2O. The zero-order valence-corrected chi connectivity index (χ0v) is 11.7. The van der Waals surface area contributed by atoms with Crippen molar-refractivity contribution >= 4 is 17.5 Å². The number of fused-ring (bicyclic) bond motifs is 1. The highest BCUT2D eigenvalue weighted by atomic mass is 35.5. The van der Waals surface area contributed by atoms with E-state index in [0.717, 1.165) is 25.2 Å². The standard InChI is InChI=1S/C15H19ClN2O/c16-13-5-3-11(4-6-13)8-15(19)18-9-12-2-1-7-17-14(12)10-18/h3-6,12,14,17H,1-2,7-10H2. The molecule has 1 aromatic rings. The topological polar surface area (TPSA) is 32.3 Å². The third kappa shape index (κ3) is 2.93. The van der Waals surface area contributed by atoms with Gasteiger partial charge in [-0.2, -0.15) is 0 Å². The van der Waals surface area contributed by atoms with Crippen LogP contribution < -0.4 is 5.32 Å². The maximum Gasteiger partial charge on any atom is 0.227 e. The van der Waals surface area contributed by atoms with Gasteiger partial charge in [0.05, 0.1) is 6.42 Å². The Morgan fingerprint density at radius 2 is 2.11 bits per heavy atom. The molecule has 3 rings (SSSR count). The van der Waals surface area contributed by atoms with Crippen LogP contribution in [0.1, 0.15) is 18.4 Å². The number of amides is 1. The maximum absolute atomic E-state index is 12.3. The van der Waals surface area contributed by atoms with Crippen molar-refractivity contribution in [3.05, 3.63) is 34.9 Å². The fourth-order valence-corrected chi connectivity index (χ4v) is 3.27. The number of carbonyl (C=O) groups is 1. The first kappa shape index (κ1) is 12.9. The van der Waals surface area contributed by atoms with Crippen molar-refractivity contribution in [2.24, 2.45) is 5.92 Å². The van der Waals surface area contributed by atoms with Gasteiger partial charge in [-0.25, -0.2) is 0 Å². The van der Waals surface area contributed by atoms with Gasteiger partial charge in [-0.3, -0.25) is 4.79 Å². The van der Waals surface area contributed by atoms with E-state index < -0.39 is 0 Å². The quantitative estimate of drug-likeness (QED) is 0.898. The van der Waals surface area contributed by atoms with Crippen molar-refractivity contribution < 1.29 is 4.79 Å². The molecule has 2 saturated heterocycles. The van der Waals surface area contributed by atoms with Gasteiger partial charge in [-0.15, -0.1) is 0 Å². The highest BCUT2D eigenvalue weighted by Gasteiger charge is 2.36. The molecule has 2 aliphatic rings. The molecule has 1 N–H and O–H groups in total. The Morgan fingerprint density at radius 1 is 1.32 bits per heavy atom. The number of carbonyl (C=O) groups excluding carboxylic acids is 1. The van der Waals surface area contributed by atoms with Crippen LogP contribution in [0.2, 0.25) is 5.02 Å². The summed E-state index contributed by atoms with van der Waals surface area (Å²) in [6.45, 7) is 2.89. The number of benzene rings is 1. The van der Waals surface area contributed by atoms with Crippen LogP contribution in [0.3, 0.4) is 0 Å². The molecule has 102 valence electrons. The molecule has 0 aliphatic carbocycles. The van der Waals surface area contributed by atoms with E-state index >= 15 is 0 Å². The Bertz CT molecular complexity index is 446. The van der Waals surface area contributed by atoms with Crippen molar-refractivity contribution in [1.82, 2.24) is 10.2 Å². The van der Waals surface area contributed by atoms with E-state index in [-0.39, 0.29) is 5.91 Å². The van der Waals surface area contributed by atoms with Crippen LogP contribution in [0.5, 0.6) is 0 Å². The van der Waals surface area contributed by atoms with Gasteiger partial charge in [0.1, 0.15) is 0 Å². The van der Waals surface area contributed by atoms with Crippen molar-refractivity contribution in [3.63, 3.8) is 0 Å². The van der Waals surface area contributed by atoms with Crippen LogP contribution in [0, 0.1) is 5.92 Å². The first-order chi connectivity index (χ1) is 9.22. The summed E-state index contributed by atoms with van der Waals surface area (Å²) < 4.78 is 0. The van der Waals surface area contributed by atoms with E-state index in [1.54, 1.807) is 0 Å². The summed E-state index contributed by atoms with van der Waals surface area (Å²) in [5.41, 5.74) is 1.04. The number of likely N-dealkylation sites (tertiary alicyclic amines) is 1. The molecule has 19 heavy (non-hydrogen) atoms. The first-order valence-electron chi connectivity index (χ1n) is 6.98. The third-order valence-corrected chi connectivity index (χ3v) is 4.47. The third-order valence-electron chi connectivity index (χ3n) is 4.22. The SMILES string of the molecule is O=C(Cc1ccc(Cl)cc1)N1CC2CCCNC2C1. The highest BCUT2D eigenvalue weighted by molar-refractivity contribution is 6.30. The molecule has 1 aromatic carbocycles. The minimum absolute atomic E-state index is 0.235. The first-order valence-corrected chi connectivity index (χ1v) is 7.36. The molecule has 0 aromatic heterocycles. The molecule has 2 fully saturated rings. The van der Waals surface area contributed by atoms with Crippen LogP contribution in [-0.4, -0.2) is 36.5 Å². The zero-order valence-electron chi connectivity index (χ0n) is 10.9. The summed E-state index contributed by atoms with van der Waals surface area (Å²) in [7, 11) is 0. The molecule has 0 bridgehead atoms. The van der Waals surface area contributed by atoms with Gasteiger partial charge in [0.2, 0.25) is 5.91 Å². The smallest absolute Gasteiger partial charge is 0.227 e. The zero-order chi connectivity index (χ0) is 13.2. The van der Waals surface area contributed by atoms with Crippen LogP contribution in [0.4, 0.5) is 0 Å². The monoisotopic (exact) mass is 278 g/mol. The summed E-state index contributed by atoms with van der Waals surface area (Å²) in [5, 5.41) is 4.24. The lowest BCUT2D eigenvalue weighted by atomic mass is 9.94. The van der Waals surface area contributed by atoms with Gasteiger partial charge in [-0.1, -0.05) is 23.7 Å². The molecule has 2 heterocycles. The average Bonchev–Trinajstić information content (AvgIpc) is 2.85. The Balaban J connectivity index is 1.60. The Labute approximate surface area is 118 Å². The number of halogens is 1. The van der Waals surface area contributed by atoms with Crippen LogP contribution >= 0.6 is 11.6 Å². The summed E-state index contributed by atoms with van der Waals surface area (Å²) >= 11 is 5.85. The Kier molecular flexibility index (Phi) is 3.76. The average molecular weight is 279 g/mol. The molecule has 4 heteroatoms. The lowest BCUT2D eigenvalue weighted by Crippen LogP contribution is -2.41. The minimum atomic E-state index is 0.235. The van der Waals surface area contributed by atoms with Crippen molar-refractivity contribution in [1.29, 1.82) is 0 Å². The molecule has 0 saturated carbocycles. The second kappa shape index (κ2) is 5.51. The molecule has 2 unspecified atom stereocenters. The van der Waals surface area contributed by atoms with Crippen molar-refractivity contribution in [2.75, 3.05) is 19.6 Å². The second-order valence-electron chi connectivity index (χ2n) is 5.56. The Hall–Kier alpha value is -1.06. The second-order valence-corrected chi connectivity index (χ2v) is 6.00. The van der Waals surface area contributed by atoms with Crippen molar-refractivity contribution in [3.8, 4) is 0 Å². The van der Waals surface area contributed by atoms with Gasteiger partial charge in [0, 0.05) is 24.2 Å². The van der Waals surface area contributed by atoms with Gasteiger partial charge in [0.15, 0.2) is 0 Å². The number of piperidine rings is 1. The summed E-state index contributed by atoms with van der Waals surface area (Å²) in [4.78, 5) is 14.3.